The number of nitrogens with zero attached hydrogens (tertiary/aromatic N) is 1. The molecule has 0 radical (unpaired) electrons. The molecule has 9 N–H and O–H groups in total. The molecule has 4 heterocycles. The summed E-state index contributed by atoms with van der Waals surface area (Å²) in [6, 6.07) is -1.62. The van der Waals surface area contributed by atoms with E-state index in [1.54, 1.807) is 43.4 Å². The van der Waals surface area contributed by atoms with Crippen LogP contribution in [0.5, 0.6) is 0 Å². The highest BCUT2D eigenvalue weighted by molar-refractivity contribution is 6.29. The van der Waals surface area contributed by atoms with Crippen molar-refractivity contribution in [3.63, 3.8) is 0 Å². The van der Waals surface area contributed by atoms with E-state index in [9.17, 15) is 50.1 Å². The zero-order chi connectivity index (χ0) is 37.6. The fourth-order valence-electron chi connectivity index (χ4n) is 5.74. The summed E-state index contributed by atoms with van der Waals surface area (Å²) >= 11 is 5.74. The van der Waals surface area contributed by atoms with Gasteiger partial charge in [0.05, 0.1) is 25.7 Å². The summed E-state index contributed by atoms with van der Waals surface area (Å²) in [5.74, 6) is -3.83. The molecule has 0 aromatic rings. The molecule has 0 saturated carbocycles. The standard InChI is InChI=1S/C33H43ClN2O15/c1-15(34)10-8-6-4-3-5-7-9-11-18(37)22-24(41)17(12-21(35)39)36(30(22)46)31-29(25(42)19(38)13-47-31)51-32-28(45)26(43)20(14-48-32)50-33-27(44)23(40)16(2)49-33/h3-11,16-17,19-20,23,25-29,31-33,37-38,40,42-45H,12-14H2,1-2H3,(H2,35,39)/b4-3+,7-5+,8-6+,11-9+,15-10-,22-18-/t16-,17?,19+,20-,23-,25-,26-,27-,28+,29+,31+,32+,33+/m0/s1. The van der Waals surface area contributed by atoms with Gasteiger partial charge in [-0.05, 0) is 26.0 Å². The molecule has 17 nitrogen and oxygen atoms in total. The van der Waals surface area contributed by atoms with Crippen molar-refractivity contribution in [2.75, 3.05) is 13.2 Å². The van der Waals surface area contributed by atoms with E-state index in [1.165, 1.54) is 19.1 Å². The third kappa shape index (κ3) is 9.58. The third-order valence-corrected chi connectivity index (χ3v) is 8.57. The van der Waals surface area contributed by atoms with Crippen LogP contribution in [0.3, 0.4) is 0 Å². The van der Waals surface area contributed by atoms with E-state index >= 15 is 0 Å². The number of amides is 2. The van der Waals surface area contributed by atoms with Gasteiger partial charge in [-0.15, -0.1) is 0 Å². The molecule has 4 rings (SSSR count). The van der Waals surface area contributed by atoms with Crippen LogP contribution in [0.1, 0.15) is 20.3 Å². The number of allylic oxidation sites excluding steroid dienone is 10. The predicted molar refractivity (Wildman–Crippen MR) is 175 cm³/mol. The van der Waals surface area contributed by atoms with Gasteiger partial charge in [-0.2, -0.15) is 0 Å². The highest BCUT2D eigenvalue weighted by Crippen LogP contribution is 2.35. The molecule has 282 valence electrons. The quantitative estimate of drug-likeness (QED) is 0.0475. The van der Waals surface area contributed by atoms with Gasteiger partial charge < -0.3 is 65.2 Å². The van der Waals surface area contributed by atoms with Gasteiger partial charge in [-0.25, -0.2) is 0 Å². The summed E-state index contributed by atoms with van der Waals surface area (Å²) in [6.07, 6.45) is -5.02. The van der Waals surface area contributed by atoms with Crippen LogP contribution in [0, 0.1) is 0 Å². The minimum absolute atomic E-state index is 0.457. The first-order valence-electron chi connectivity index (χ1n) is 16.0. The second kappa shape index (κ2) is 18.0. The first kappa shape index (κ1) is 40.5. The summed E-state index contributed by atoms with van der Waals surface area (Å²) in [5, 5.41) is 74.5. The summed E-state index contributed by atoms with van der Waals surface area (Å²) < 4.78 is 27.8. The minimum Gasteiger partial charge on any atom is -0.507 e. The lowest BCUT2D eigenvalue weighted by atomic mass is 10.0. The summed E-state index contributed by atoms with van der Waals surface area (Å²) in [6.45, 7) is 2.20. The van der Waals surface area contributed by atoms with E-state index in [0.29, 0.717) is 5.03 Å². The van der Waals surface area contributed by atoms with Crippen molar-refractivity contribution in [2.45, 2.75) is 100 Å². The monoisotopic (exact) mass is 742 g/mol. The highest BCUT2D eigenvalue weighted by atomic mass is 35.5. The van der Waals surface area contributed by atoms with Gasteiger partial charge in [-0.1, -0.05) is 54.1 Å². The van der Waals surface area contributed by atoms with Crippen molar-refractivity contribution in [3.05, 3.63) is 71.0 Å². The van der Waals surface area contributed by atoms with Crippen molar-refractivity contribution in [3.8, 4) is 0 Å². The Morgan fingerprint density at radius 3 is 2.12 bits per heavy atom. The zero-order valence-corrected chi connectivity index (χ0v) is 28.4. The number of likely N-dealkylation sites (tertiary alicyclic amines) is 1. The Morgan fingerprint density at radius 1 is 0.882 bits per heavy atom. The number of carbonyl (C=O) groups excluding carboxylic acids is 3. The van der Waals surface area contributed by atoms with Gasteiger partial charge in [0, 0.05) is 5.03 Å². The first-order chi connectivity index (χ1) is 24.1. The van der Waals surface area contributed by atoms with Gasteiger partial charge in [0.15, 0.2) is 24.6 Å². The normalized spacial score (nSPS) is 39.4. The summed E-state index contributed by atoms with van der Waals surface area (Å²) in [7, 11) is 0. The Labute approximate surface area is 297 Å². The Hall–Kier alpha value is -3.30. The topological polar surface area (TPSA) is 268 Å². The van der Waals surface area contributed by atoms with Crippen LogP contribution in [-0.2, 0) is 38.1 Å². The van der Waals surface area contributed by atoms with E-state index in [0.717, 1.165) is 11.0 Å². The Morgan fingerprint density at radius 2 is 1.51 bits per heavy atom. The fraction of sp³-hybridized carbons (Fsp3) is 0.545. The largest absolute Gasteiger partial charge is 0.507 e. The average Bonchev–Trinajstić information content (AvgIpc) is 3.45. The highest BCUT2D eigenvalue weighted by Gasteiger charge is 2.56. The van der Waals surface area contributed by atoms with E-state index in [4.69, 9.17) is 41.0 Å². The molecule has 0 aromatic carbocycles. The molecule has 0 spiro atoms. The molecule has 18 heteroatoms. The first-order valence-corrected chi connectivity index (χ1v) is 16.4. The molecule has 1 unspecified atom stereocenters. The lowest BCUT2D eigenvalue weighted by Gasteiger charge is -2.46. The van der Waals surface area contributed by atoms with Crippen LogP contribution in [0.4, 0.5) is 0 Å². The number of ether oxygens (including phenoxy) is 5. The third-order valence-electron chi connectivity index (χ3n) is 8.45. The van der Waals surface area contributed by atoms with E-state index < -0.39 is 128 Å². The van der Waals surface area contributed by atoms with Crippen LogP contribution >= 0.6 is 11.6 Å². The van der Waals surface area contributed by atoms with Crippen LogP contribution < -0.4 is 5.73 Å². The Balaban J connectivity index is 1.52. The van der Waals surface area contributed by atoms with Crippen molar-refractivity contribution in [1.29, 1.82) is 0 Å². The number of hydrogen-bond acceptors (Lipinski definition) is 15. The second-order valence-electron chi connectivity index (χ2n) is 12.2. The molecule has 4 fully saturated rings. The van der Waals surface area contributed by atoms with E-state index in [2.05, 4.69) is 0 Å². The molecule has 4 aliphatic rings. The lowest BCUT2D eigenvalue weighted by molar-refractivity contribution is -0.338. The van der Waals surface area contributed by atoms with E-state index in [1.807, 2.05) is 0 Å². The van der Waals surface area contributed by atoms with Crippen LogP contribution in [0.15, 0.2) is 71.0 Å². The maximum Gasteiger partial charge on any atom is 0.264 e. The molecule has 4 saturated heterocycles. The number of carbonyl (C=O) groups is 3. The number of primary amides is 1. The SMILES string of the molecule is C/C(Cl)=C/C=C/C=C/C=C/C=C/C(O)=C1\C(=O)C(CC(N)=O)N([C@@H]2OC[C@@H](O)[C@H](O)[C@H]2O[C@H]2OC[C@H](O[C@H]3O[C@@H](C)[C@H](O)[C@@H]3O)[C@H](O)[C@H]2O)C1=O. The maximum atomic E-state index is 13.7. The van der Waals surface area contributed by atoms with E-state index in [-0.39, 0.29) is 0 Å². The smallest absolute Gasteiger partial charge is 0.264 e. The molecule has 0 bridgehead atoms. The Kier molecular flexibility index (Phi) is 14.2. The van der Waals surface area contributed by atoms with Crippen molar-refractivity contribution < 1.29 is 73.8 Å². The zero-order valence-electron chi connectivity index (χ0n) is 27.6. The lowest BCUT2D eigenvalue weighted by Crippen LogP contribution is -2.65. The van der Waals surface area contributed by atoms with Crippen LogP contribution in [0.25, 0.3) is 0 Å². The summed E-state index contributed by atoms with van der Waals surface area (Å²) in [5.41, 5.74) is 4.67. The Bertz CT molecular complexity index is 1460. The van der Waals surface area contributed by atoms with Crippen molar-refractivity contribution in [2.24, 2.45) is 5.73 Å². The second-order valence-corrected chi connectivity index (χ2v) is 12.8. The van der Waals surface area contributed by atoms with Gasteiger partial charge in [0.25, 0.3) is 5.91 Å². The van der Waals surface area contributed by atoms with Crippen molar-refractivity contribution in [1.82, 2.24) is 4.90 Å². The molecule has 51 heavy (non-hydrogen) atoms. The van der Waals surface area contributed by atoms with Gasteiger partial charge >= 0.3 is 0 Å². The van der Waals surface area contributed by atoms with Gasteiger partial charge in [-0.3, -0.25) is 19.3 Å². The number of ketones is 1. The van der Waals surface area contributed by atoms with Crippen molar-refractivity contribution >= 4 is 29.2 Å². The molecule has 0 aromatic heterocycles. The maximum absolute atomic E-state index is 13.7. The number of nitrogens with two attached hydrogens (primary N) is 1. The number of aliphatic hydroxyl groups is 7. The molecule has 4 aliphatic heterocycles. The average molecular weight is 743 g/mol. The number of rotatable bonds is 12. The molecule has 2 amide bonds. The van der Waals surface area contributed by atoms with Gasteiger partial charge in [0.2, 0.25) is 5.91 Å². The van der Waals surface area contributed by atoms with Gasteiger partial charge in [0.1, 0.15) is 66.2 Å². The number of hydrogen-bond donors (Lipinski definition) is 8. The summed E-state index contributed by atoms with van der Waals surface area (Å²) in [4.78, 5) is 40.0. The fourth-order valence-corrected chi connectivity index (χ4v) is 5.81. The molecule has 0 aliphatic carbocycles. The van der Waals surface area contributed by atoms with Crippen LogP contribution in [0.2, 0.25) is 0 Å². The number of aliphatic hydroxyl groups excluding tert-OH is 7. The minimum atomic E-state index is -1.89. The molecule has 13 atom stereocenters. The van der Waals surface area contributed by atoms with Crippen LogP contribution in [-0.4, -0.2) is 151 Å². The molecular formula is C33H43ClN2O15. The predicted octanol–water partition coefficient (Wildman–Crippen LogP) is -1.79. The number of halogens is 1. The number of Topliss-reactive ketones (excluding diaryl/α,β-unsaturated/α-hetero) is 1. The molecular weight excluding hydrogens is 700 g/mol.